The molecule has 9 heteroatoms. The summed E-state index contributed by atoms with van der Waals surface area (Å²) >= 11 is 5.96. The molecule has 1 aliphatic rings. The fraction of sp³-hybridized carbons (Fsp3) is 0.400. The first-order valence-corrected chi connectivity index (χ1v) is 11.7. The molecule has 2 aromatic carbocycles. The Kier molecular flexibility index (Phi) is 8.98. The number of hydrogen-bond donors (Lipinski definition) is 2. The molecule has 0 heterocycles. The van der Waals surface area contributed by atoms with Crippen molar-refractivity contribution in [2.75, 3.05) is 6.61 Å². The lowest BCUT2D eigenvalue weighted by molar-refractivity contribution is 0.0975. The summed E-state index contributed by atoms with van der Waals surface area (Å²) in [5, 5.41) is 5.87. The molecule has 0 saturated heterocycles. The fourth-order valence-corrected chi connectivity index (χ4v) is 4.21. The van der Waals surface area contributed by atoms with E-state index in [1.807, 2.05) is 0 Å². The van der Waals surface area contributed by atoms with E-state index in [9.17, 15) is 18.4 Å². The molecule has 0 radical (unpaired) electrons. The largest absolute Gasteiger partial charge is 0.450 e. The smallest absolute Gasteiger partial charge is 0.407 e. The van der Waals surface area contributed by atoms with Crippen LogP contribution in [0.1, 0.15) is 54.9 Å². The van der Waals surface area contributed by atoms with Crippen molar-refractivity contribution in [2.45, 2.75) is 52.0 Å². The van der Waals surface area contributed by atoms with Crippen LogP contribution in [-0.4, -0.2) is 30.5 Å². The van der Waals surface area contributed by atoms with Gasteiger partial charge in [-0.15, -0.1) is 0 Å². The molecule has 3 rings (SSSR count). The van der Waals surface area contributed by atoms with Crippen LogP contribution in [0.25, 0.3) is 0 Å². The molecule has 0 aromatic heterocycles. The van der Waals surface area contributed by atoms with Crippen LogP contribution in [-0.2, 0) is 4.74 Å². The van der Waals surface area contributed by atoms with Crippen molar-refractivity contribution >= 4 is 35.1 Å². The highest BCUT2D eigenvalue weighted by Crippen LogP contribution is 2.28. The van der Waals surface area contributed by atoms with Crippen LogP contribution in [0.4, 0.5) is 19.3 Å². The normalized spacial score (nSPS) is 18.3. The Morgan fingerprint density at radius 1 is 1.12 bits per heavy atom. The first kappa shape index (κ1) is 25.6. The molecular weight excluding hydrogens is 464 g/mol. The van der Waals surface area contributed by atoms with Gasteiger partial charge in [-0.2, -0.15) is 0 Å². The molecule has 1 fully saturated rings. The van der Waals surface area contributed by atoms with Crippen molar-refractivity contribution in [1.82, 2.24) is 10.6 Å². The summed E-state index contributed by atoms with van der Waals surface area (Å²) in [4.78, 5) is 29.0. The van der Waals surface area contributed by atoms with Crippen LogP contribution < -0.4 is 10.6 Å². The quantitative estimate of drug-likeness (QED) is 0.379. The Bertz CT molecular complexity index is 1050. The highest BCUT2D eigenvalue weighted by molar-refractivity contribution is 6.30. The lowest BCUT2D eigenvalue weighted by Gasteiger charge is -2.29. The van der Waals surface area contributed by atoms with Gasteiger partial charge in [0.25, 0.3) is 5.91 Å². The average molecular weight is 492 g/mol. The van der Waals surface area contributed by atoms with E-state index < -0.39 is 23.6 Å². The SMILES string of the molecule is CCOC(=O)NC1CCC(CC(=Nc2cc(F)cc(Cl)c2)NC(=O)c2ccc(F)c(C)c2)CC1. The zero-order chi connectivity index (χ0) is 24.7. The van der Waals surface area contributed by atoms with Crippen molar-refractivity contribution in [3.63, 3.8) is 0 Å². The number of carbonyl (C=O) groups excluding carboxylic acids is 2. The van der Waals surface area contributed by atoms with E-state index in [1.54, 1.807) is 13.8 Å². The summed E-state index contributed by atoms with van der Waals surface area (Å²) in [5.74, 6) is -0.777. The van der Waals surface area contributed by atoms with E-state index >= 15 is 0 Å². The van der Waals surface area contributed by atoms with E-state index in [-0.39, 0.29) is 22.7 Å². The molecule has 0 spiro atoms. The van der Waals surface area contributed by atoms with E-state index in [0.717, 1.165) is 25.7 Å². The maximum atomic E-state index is 13.8. The van der Waals surface area contributed by atoms with Gasteiger partial charge in [-0.25, -0.2) is 18.6 Å². The van der Waals surface area contributed by atoms with Gasteiger partial charge in [-0.05, 0) is 87.4 Å². The number of nitrogens with zero attached hydrogens (tertiary/aromatic N) is 1. The molecule has 0 bridgehead atoms. The van der Waals surface area contributed by atoms with Gasteiger partial charge in [0.15, 0.2) is 0 Å². The van der Waals surface area contributed by atoms with Gasteiger partial charge in [0.05, 0.1) is 12.3 Å². The minimum absolute atomic E-state index is 0.0366. The molecule has 1 aliphatic carbocycles. The van der Waals surface area contributed by atoms with E-state index in [0.29, 0.717) is 30.0 Å². The van der Waals surface area contributed by atoms with Crippen molar-refractivity contribution in [3.8, 4) is 0 Å². The number of hydrogen-bond acceptors (Lipinski definition) is 4. The van der Waals surface area contributed by atoms with Crippen molar-refractivity contribution < 1.29 is 23.1 Å². The highest BCUT2D eigenvalue weighted by Gasteiger charge is 2.25. The third kappa shape index (κ3) is 7.52. The van der Waals surface area contributed by atoms with Gasteiger partial charge in [0, 0.05) is 23.0 Å². The number of aliphatic imine (C=N–C) groups is 1. The van der Waals surface area contributed by atoms with Crippen molar-refractivity contribution in [1.29, 1.82) is 0 Å². The predicted molar refractivity (Wildman–Crippen MR) is 128 cm³/mol. The predicted octanol–water partition coefficient (Wildman–Crippen LogP) is 6.08. The van der Waals surface area contributed by atoms with Crippen LogP contribution >= 0.6 is 11.6 Å². The second-order valence-corrected chi connectivity index (χ2v) is 8.83. The van der Waals surface area contributed by atoms with Gasteiger partial charge in [0.2, 0.25) is 0 Å². The van der Waals surface area contributed by atoms with Crippen LogP contribution in [0.2, 0.25) is 5.02 Å². The monoisotopic (exact) mass is 491 g/mol. The number of aryl methyl sites for hydroxylation is 1. The van der Waals surface area contributed by atoms with Gasteiger partial charge < -0.3 is 15.4 Å². The minimum Gasteiger partial charge on any atom is -0.450 e. The Hall–Kier alpha value is -3.00. The molecule has 34 heavy (non-hydrogen) atoms. The summed E-state index contributed by atoms with van der Waals surface area (Å²) in [7, 11) is 0. The first-order valence-electron chi connectivity index (χ1n) is 11.3. The summed E-state index contributed by atoms with van der Waals surface area (Å²) in [5.41, 5.74) is 0.940. The second-order valence-electron chi connectivity index (χ2n) is 8.39. The number of nitrogens with one attached hydrogen (secondary N) is 2. The molecule has 6 nitrogen and oxygen atoms in total. The molecule has 182 valence electrons. The zero-order valence-corrected chi connectivity index (χ0v) is 19.9. The zero-order valence-electron chi connectivity index (χ0n) is 19.2. The van der Waals surface area contributed by atoms with E-state index in [1.165, 1.54) is 36.4 Å². The Morgan fingerprint density at radius 2 is 1.85 bits per heavy atom. The topological polar surface area (TPSA) is 79.8 Å². The summed E-state index contributed by atoms with van der Waals surface area (Å²) in [6.07, 6.45) is 3.20. The second kappa shape index (κ2) is 11.9. The molecule has 0 aliphatic heterocycles. The van der Waals surface area contributed by atoms with Crippen LogP contribution in [0, 0.1) is 24.5 Å². The maximum Gasteiger partial charge on any atom is 0.407 e. The van der Waals surface area contributed by atoms with Crippen LogP contribution in [0.15, 0.2) is 41.4 Å². The average Bonchev–Trinajstić information content (AvgIpc) is 2.76. The Morgan fingerprint density at radius 3 is 2.50 bits per heavy atom. The molecular formula is C25H28ClF2N3O3. The molecule has 2 N–H and O–H groups in total. The maximum absolute atomic E-state index is 13.8. The van der Waals surface area contributed by atoms with Crippen molar-refractivity contribution in [2.24, 2.45) is 10.9 Å². The van der Waals surface area contributed by atoms with Crippen LogP contribution in [0.5, 0.6) is 0 Å². The number of halogens is 3. The molecule has 0 atom stereocenters. The van der Waals surface area contributed by atoms with Crippen LogP contribution in [0.3, 0.4) is 0 Å². The number of benzene rings is 2. The number of amides is 2. The summed E-state index contributed by atoms with van der Waals surface area (Å²) in [6.45, 7) is 3.65. The number of ether oxygens (including phenoxy) is 1. The number of alkyl carbamates (subject to hydrolysis) is 1. The van der Waals surface area contributed by atoms with Gasteiger partial charge in [-0.1, -0.05) is 11.6 Å². The third-order valence-electron chi connectivity index (χ3n) is 5.72. The molecule has 2 aromatic rings. The Balaban J connectivity index is 1.73. The van der Waals surface area contributed by atoms with E-state index in [2.05, 4.69) is 15.6 Å². The third-order valence-corrected chi connectivity index (χ3v) is 5.93. The highest BCUT2D eigenvalue weighted by atomic mass is 35.5. The minimum atomic E-state index is -0.531. The van der Waals surface area contributed by atoms with Crippen molar-refractivity contribution in [3.05, 3.63) is 64.2 Å². The van der Waals surface area contributed by atoms with E-state index in [4.69, 9.17) is 16.3 Å². The molecule has 2 amide bonds. The first-order chi connectivity index (χ1) is 16.2. The van der Waals surface area contributed by atoms with Gasteiger partial charge in [0.1, 0.15) is 17.5 Å². The summed E-state index contributed by atoms with van der Waals surface area (Å²) in [6, 6.07) is 8.07. The number of amidine groups is 1. The fourth-order valence-electron chi connectivity index (χ4n) is 4.00. The number of carbonyl (C=O) groups is 2. The molecule has 1 saturated carbocycles. The lowest BCUT2D eigenvalue weighted by Crippen LogP contribution is -2.39. The lowest BCUT2D eigenvalue weighted by atomic mass is 9.84. The summed E-state index contributed by atoms with van der Waals surface area (Å²) < 4.78 is 32.4. The standard InChI is InChI=1S/C25H28ClF2N3O3/c1-3-34-25(33)30-20-7-4-16(5-8-20)11-23(29-21-13-18(26)12-19(27)14-21)31-24(32)17-6-9-22(28)15(2)10-17/h6,9-10,12-14,16,20H,3-5,7-8,11H2,1-2H3,(H,30,33)(H,29,31,32). The Labute approximate surface area is 202 Å². The van der Waals surface area contributed by atoms with Gasteiger partial charge in [-0.3, -0.25) is 4.79 Å². The van der Waals surface area contributed by atoms with Gasteiger partial charge >= 0.3 is 6.09 Å². The molecule has 0 unspecified atom stereocenters. The number of rotatable bonds is 6.